The van der Waals surface area contributed by atoms with Crippen LogP contribution in [0, 0.1) is 0 Å². The summed E-state index contributed by atoms with van der Waals surface area (Å²) in [6.07, 6.45) is 4.49. The van der Waals surface area contributed by atoms with Gasteiger partial charge in [-0.05, 0) is 57.8 Å². The van der Waals surface area contributed by atoms with E-state index in [-0.39, 0.29) is 5.41 Å². The Hall–Kier alpha value is -4.04. The van der Waals surface area contributed by atoms with Crippen LogP contribution in [-0.2, 0) is 12.0 Å². The normalized spacial score (nSPS) is 12.0. The van der Waals surface area contributed by atoms with Crippen LogP contribution >= 0.6 is 0 Å². The number of fused-ring (bicyclic) bond motifs is 2. The second kappa shape index (κ2) is 8.32. The molecule has 0 spiro atoms. The van der Waals surface area contributed by atoms with Crippen molar-refractivity contribution >= 4 is 21.8 Å². The largest absolute Gasteiger partial charge is 0.342 e. The van der Waals surface area contributed by atoms with E-state index < -0.39 is 0 Å². The molecule has 6 aromatic rings. The predicted molar refractivity (Wildman–Crippen MR) is 148 cm³/mol. The van der Waals surface area contributed by atoms with E-state index in [0.717, 1.165) is 6.54 Å². The zero-order valence-electron chi connectivity index (χ0n) is 20.6. The highest BCUT2D eigenvalue weighted by Crippen LogP contribution is 2.35. The Kier molecular flexibility index (Phi) is 5.11. The molecule has 0 fully saturated rings. The summed E-state index contributed by atoms with van der Waals surface area (Å²) in [6, 6.07) is 37.4. The minimum absolute atomic E-state index is 0.141. The predicted octanol–water partition coefficient (Wildman–Crippen LogP) is 8.60. The van der Waals surface area contributed by atoms with Gasteiger partial charge in [-0.1, -0.05) is 93.6 Å². The van der Waals surface area contributed by atoms with Gasteiger partial charge in [-0.2, -0.15) is 0 Å². The number of para-hydroxylation sites is 1. The second-order valence-corrected chi connectivity index (χ2v) is 10.4. The van der Waals surface area contributed by atoms with Crippen LogP contribution in [0.1, 0.15) is 31.9 Å². The highest BCUT2D eigenvalue weighted by atomic mass is 15.0. The molecular formula is C33H30N2. The van der Waals surface area contributed by atoms with Gasteiger partial charge in [0.2, 0.25) is 0 Å². The van der Waals surface area contributed by atoms with E-state index >= 15 is 0 Å². The zero-order chi connectivity index (χ0) is 24.0. The molecule has 6 rings (SSSR count). The molecule has 0 bridgehead atoms. The molecule has 35 heavy (non-hydrogen) atoms. The van der Waals surface area contributed by atoms with Crippen molar-refractivity contribution in [3.63, 3.8) is 0 Å². The Labute approximate surface area is 207 Å². The number of aromatic nitrogens is 2. The van der Waals surface area contributed by atoms with E-state index in [1.807, 2.05) is 0 Å². The molecule has 2 heterocycles. The van der Waals surface area contributed by atoms with Crippen molar-refractivity contribution in [3.05, 3.63) is 127 Å². The van der Waals surface area contributed by atoms with Crippen molar-refractivity contribution in [2.24, 2.45) is 0 Å². The van der Waals surface area contributed by atoms with Crippen LogP contribution in [-0.4, -0.2) is 9.13 Å². The lowest BCUT2D eigenvalue weighted by Crippen LogP contribution is -2.10. The molecule has 0 saturated carbocycles. The first-order valence-corrected chi connectivity index (χ1v) is 12.3. The van der Waals surface area contributed by atoms with Gasteiger partial charge in [0.1, 0.15) is 0 Å². The average Bonchev–Trinajstić information content (AvgIpc) is 3.46. The van der Waals surface area contributed by atoms with Gasteiger partial charge >= 0.3 is 0 Å². The molecule has 2 aromatic heterocycles. The van der Waals surface area contributed by atoms with Gasteiger partial charge < -0.3 is 9.13 Å². The quantitative estimate of drug-likeness (QED) is 0.252. The third-order valence-electron chi connectivity index (χ3n) is 7.00. The summed E-state index contributed by atoms with van der Waals surface area (Å²) in [7, 11) is 0. The Morgan fingerprint density at radius 3 is 2.20 bits per heavy atom. The number of hydrogen-bond acceptors (Lipinski definition) is 0. The fourth-order valence-corrected chi connectivity index (χ4v) is 5.03. The molecule has 0 unspecified atom stereocenters. The van der Waals surface area contributed by atoms with Crippen molar-refractivity contribution in [2.45, 2.75) is 32.7 Å². The first-order valence-electron chi connectivity index (χ1n) is 12.3. The highest BCUT2D eigenvalue weighted by Gasteiger charge is 2.16. The van der Waals surface area contributed by atoms with E-state index in [4.69, 9.17) is 0 Å². The fraction of sp³-hybridized carbons (Fsp3) is 0.152. The van der Waals surface area contributed by atoms with Crippen LogP contribution in [0.5, 0.6) is 0 Å². The van der Waals surface area contributed by atoms with Crippen molar-refractivity contribution in [1.29, 1.82) is 0 Å². The van der Waals surface area contributed by atoms with Crippen LogP contribution in [0.4, 0.5) is 0 Å². The topological polar surface area (TPSA) is 9.86 Å². The Morgan fingerprint density at radius 2 is 1.43 bits per heavy atom. The molecule has 2 heteroatoms. The van der Waals surface area contributed by atoms with Gasteiger partial charge in [0, 0.05) is 41.1 Å². The second-order valence-electron chi connectivity index (χ2n) is 10.4. The lowest BCUT2D eigenvalue weighted by molar-refractivity contribution is 0.590. The number of rotatable bonds is 4. The molecule has 0 atom stereocenters. The molecule has 0 aliphatic heterocycles. The van der Waals surface area contributed by atoms with Crippen LogP contribution in [0.25, 0.3) is 38.6 Å². The summed E-state index contributed by atoms with van der Waals surface area (Å²) in [5.41, 5.74) is 8.99. The molecule has 0 N–H and O–H groups in total. The summed E-state index contributed by atoms with van der Waals surface area (Å²) in [5, 5.41) is 2.53. The van der Waals surface area contributed by atoms with Gasteiger partial charge in [0.05, 0.1) is 5.52 Å². The Bertz CT molecular complexity index is 1620. The molecule has 0 aliphatic carbocycles. The van der Waals surface area contributed by atoms with E-state index in [9.17, 15) is 0 Å². The summed E-state index contributed by atoms with van der Waals surface area (Å²) in [6.45, 7) is 7.65. The average molecular weight is 455 g/mol. The van der Waals surface area contributed by atoms with Gasteiger partial charge in [-0.25, -0.2) is 0 Å². The van der Waals surface area contributed by atoms with Crippen LogP contribution in [0.2, 0.25) is 0 Å². The molecule has 0 saturated heterocycles. The van der Waals surface area contributed by atoms with Crippen molar-refractivity contribution in [3.8, 4) is 16.8 Å². The van der Waals surface area contributed by atoms with Crippen LogP contribution in [0.15, 0.2) is 116 Å². The standard InChI is InChI=1S/C33H30N2/c1-33(2,3)27-15-13-25(14-16-27)30-23-34(22-24-9-5-4-6-10-24)32-18-17-28(21-29(30)32)35-20-19-26-11-7-8-12-31(26)35/h4-21,23H,22H2,1-3H3. The SMILES string of the molecule is CC(C)(C)c1ccc(-c2cn(Cc3ccccc3)c3ccc(-n4ccc5ccccc54)cc23)cc1. The maximum absolute atomic E-state index is 2.38. The minimum atomic E-state index is 0.141. The smallest absolute Gasteiger partial charge is 0.0528 e. The number of nitrogens with zero attached hydrogens (tertiary/aromatic N) is 2. The Balaban J connectivity index is 1.52. The maximum Gasteiger partial charge on any atom is 0.0528 e. The van der Waals surface area contributed by atoms with Gasteiger partial charge in [0.25, 0.3) is 0 Å². The van der Waals surface area contributed by atoms with E-state index in [1.54, 1.807) is 0 Å². The number of benzene rings is 4. The minimum Gasteiger partial charge on any atom is -0.342 e. The molecule has 4 aromatic carbocycles. The van der Waals surface area contributed by atoms with E-state index in [1.165, 1.54) is 49.7 Å². The van der Waals surface area contributed by atoms with E-state index in [2.05, 4.69) is 145 Å². The molecule has 172 valence electrons. The zero-order valence-corrected chi connectivity index (χ0v) is 20.6. The molecular weight excluding hydrogens is 424 g/mol. The van der Waals surface area contributed by atoms with Gasteiger partial charge in [-0.15, -0.1) is 0 Å². The third-order valence-corrected chi connectivity index (χ3v) is 7.00. The lowest BCUT2D eigenvalue weighted by Gasteiger charge is -2.19. The van der Waals surface area contributed by atoms with Crippen molar-refractivity contribution in [2.75, 3.05) is 0 Å². The monoisotopic (exact) mass is 454 g/mol. The van der Waals surface area contributed by atoms with Gasteiger partial charge in [-0.3, -0.25) is 0 Å². The van der Waals surface area contributed by atoms with Crippen LogP contribution < -0.4 is 0 Å². The number of hydrogen-bond donors (Lipinski definition) is 0. The summed E-state index contributed by atoms with van der Waals surface area (Å²) in [5.74, 6) is 0. The summed E-state index contributed by atoms with van der Waals surface area (Å²) in [4.78, 5) is 0. The first kappa shape index (κ1) is 21.5. The first-order chi connectivity index (χ1) is 17.0. The molecule has 2 nitrogen and oxygen atoms in total. The van der Waals surface area contributed by atoms with E-state index in [0.29, 0.717) is 0 Å². The van der Waals surface area contributed by atoms with Crippen molar-refractivity contribution < 1.29 is 0 Å². The summed E-state index contributed by atoms with van der Waals surface area (Å²) >= 11 is 0. The molecule has 0 radical (unpaired) electrons. The highest BCUT2D eigenvalue weighted by molar-refractivity contribution is 5.98. The molecule has 0 aliphatic rings. The fourth-order valence-electron chi connectivity index (χ4n) is 5.03. The van der Waals surface area contributed by atoms with Gasteiger partial charge in [0.15, 0.2) is 0 Å². The lowest BCUT2D eigenvalue weighted by atomic mass is 9.86. The Morgan fingerprint density at radius 1 is 0.686 bits per heavy atom. The van der Waals surface area contributed by atoms with Crippen LogP contribution in [0.3, 0.4) is 0 Å². The summed E-state index contributed by atoms with van der Waals surface area (Å²) < 4.78 is 4.67. The maximum atomic E-state index is 2.38. The molecule has 0 amide bonds. The third kappa shape index (κ3) is 3.95. The van der Waals surface area contributed by atoms with Crippen molar-refractivity contribution in [1.82, 2.24) is 9.13 Å².